The number of nitro groups is 1. The van der Waals surface area contributed by atoms with E-state index in [2.05, 4.69) is 4.18 Å². The lowest BCUT2D eigenvalue weighted by Crippen LogP contribution is -2.57. The molecule has 0 saturated carbocycles. The van der Waals surface area contributed by atoms with E-state index in [1.165, 1.54) is 24.3 Å². The quantitative estimate of drug-likeness (QED) is 0.271. The number of hydrogen-bond donors (Lipinski definition) is 4. The molecule has 25 heavy (non-hydrogen) atoms. The molecule has 0 spiro atoms. The van der Waals surface area contributed by atoms with Crippen LogP contribution in [0.25, 0.3) is 0 Å². The summed E-state index contributed by atoms with van der Waals surface area (Å²) in [7, 11) is -4.77. The summed E-state index contributed by atoms with van der Waals surface area (Å²) in [5, 5.41) is 40.3. The minimum atomic E-state index is -4.77. The summed E-state index contributed by atoms with van der Waals surface area (Å²) in [5.41, 5.74) is -1.25. The Morgan fingerprint density at radius 2 is 1.76 bits per heavy atom. The number of ether oxygens (including phenoxy) is 1. The van der Waals surface area contributed by atoms with Crippen LogP contribution >= 0.6 is 11.8 Å². The van der Waals surface area contributed by atoms with E-state index in [0.29, 0.717) is 4.90 Å². The largest absolute Gasteiger partial charge is 0.397 e. The van der Waals surface area contributed by atoms with E-state index in [1.807, 2.05) is 0 Å². The molecular weight excluding hydrogens is 382 g/mol. The van der Waals surface area contributed by atoms with Crippen molar-refractivity contribution in [3.05, 3.63) is 34.4 Å². The first-order chi connectivity index (χ1) is 11.6. The fraction of sp³-hybridized carbons (Fsp3) is 0.500. The summed E-state index contributed by atoms with van der Waals surface area (Å²) in [4.78, 5) is 10.5. The molecule has 1 aliphatic rings. The second kappa shape index (κ2) is 7.92. The Labute approximate surface area is 146 Å². The summed E-state index contributed by atoms with van der Waals surface area (Å²) in [6.07, 6.45) is -6.15. The van der Waals surface area contributed by atoms with Crippen LogP contribution in [-0.4, -0.2) is 69.7 Å². The first-order valence-corrected chi connectivity index (χ1v) is 9.05. The molecule has 5 atom stereocenters. The lowest BCUT2D eigenvalue weighted by Gasteiger charge is -2.39. The SMILES string of the molecule is O=[N+]([O-])c1ccc(S[C@@H]2O[C@H](COS(=O)(=O)O)[C@@H](O)[C@H](O)[C@H]2O)cc1. The standard InChI is InChI=1S/C12H15NO10S2/c14-9-8(5-22-25(19,20)21)23-12(11(16)10(9)15)24-7-3-1-6(2-4-7)13(17)18/h1-4,8-12,14-16H,5H2,(H,19,20,21)/t8-,9-,10+,11-,12+/m1/s1. The fourth-order valence-corrected chi connectivity index (χ4v) is 3.45. The zero-order valence-corrected chi connectivity index (χ0v) is 14.0. The van der Waals surface area contributed by atoms with Crippen LogP contribution in [0, 0.1) is 10.1 Å². The van der Waals surface area contributed by atoms with Crippen molar-refractivity contribution in [2.24, 2.45) is 0 Å². The van der Waals surface area contributed by atoms with Gasteiger partial charge in [0.1, 0.15) is 29.9 Å². The van der Waals surface area contributed by atoms with Gasteiger partial charge in [-0.2, -0.15) is 8.42 Å². The zero-order valence-electron chi connectivity index (χ0n) is 12.4. The molecule has 1 heterocycles. The summed E-state index contributed by atoms with van der Waals surface area (Å²) in [5.74, 6) is 0. The first-order valence-electron chi connectivity index (χ1n) is 6.81. The van der Waals surface area contributed by atoms with Gasteiger partial charge in [0, 0.05) is 17.0 Å². The summed E-state index contributed by atoms with van der Waals surface area (Å²) < 4.78 is 39.2. The molecule has 0 bridgehead atoms. The minimum absolute atomic E-state index is 0.135. The highest BCUT2D eigenvalue weighted by molar-refractivity contribution is 7.99. The monoisotopic (exact) mass is 397 g/mol. The molecule has 140 valence electrons. The second-order valence-corrected chi connectivity index (χ2v) is 7.36. The number of aliphatic hydroxyl groups is 3. The van der Waals surface area contributed by atoms with Gasteiger partial charge in [0.2, 0.25) is 0 Å². The number of rotatable bonds is 6. The van der Waals surface area contributed by atoms with Crippen LogP contribution in [0.1, 0.15) is 0 Å². The maximum Gasteiger partial charge on any atom is 0.397 e. The molecule has 0 amide bonds. The molecule has 2 rings (SSSR count). The Hall–Kier alpha value is -1.32. The third-order valence-corrected chi connectivity index (χ3v) is 4.95. The molecule has 1 saturated heterocycles. The van der Waals surface area contributed by atoms with E-state index in [0.717, 1.165) is 11.8 Å². The zero-order chi connectivity index (χ0) is 18.8. The Kier molecular flexibility index (Phi) is 6.34. The van der Waals surface area contributed by atoms with Crippen molar-refractivity contribution in [3.8, 4) is 0 Å². The summed E-state index contributed by atoms with van der Waals surface area (Å²) >= 11 is 0.903. The lowest BCUT2D eigenvalue weighted by molar-refractivity contribution is -0.384. The summed E-state index contributed by atoms with van der Waals surface area (Å²) in [6.45, 7) is -0.777. The fourth-order valence-electron chi connectivity index (χ4n) is 2.09. The van der Waals surface area contributed by atoms with Crippen LogP contribution in [0.2, 0.25) is 0 Å². The molecule has 0 radical (unpaired) electrons. The molecule has 0 aromatic heterocycles. The van der Waals surface area contributed by atoms with Gasteiger partial charge in [-0.3, -0.25) is 14.7 Å². The van der Waals surface area contributed by atoms with Gasteiger partial charge in [0.15, 0.2) is 0 Å². The van der Waals surface area contributed by atoms with E-state index in [-0.39, 0.29) is 5.69 Å². The molecule has 1 fully saturated rings. The molecule has 4 N–H and O–H groups in total. The van der Waals surface area contributed by atoms with E-state index in [9.17, 15) is 33.9 Å². The van der Waals surface area contributed by atoms with Gasteiger partial charge in [-0.1, -0.05) is 11.8 Å². The van der Waals surface area contributed by atoms with Crippen molar-refractivity contribution in [1.29, 1.82) is 0 Å². The van der Waals surface area contributed by atoms with E-state index in [1.54, 1.807) is 0 Å². The Balaban J connectivity index is 2.08. The van der Waals surface area contributed by atoms with Gasteiger partial charge in [0.25, 0.3) is 5.69 Å². The second-order valence-electron chi connectivity index (χ2n) is 5.10. The average molecular weight is 397 g/mol. The Bertz CT molecular complexity index is 709. The highest BCUT2D eigenvalue weighted by Gasteiger charge is 2.44. The van der Waals surface area contributed by atoms with Gasteiger partial charge >= 0.3 is 10.4 Å². The molecule has 0 unspecified atom stereocenters. The highest BCUT2D eigenvalue weighted by Crippen LogP contribution is 2.34. The normalized spacial score (nSPS) is 30.2. The molecule has 11 nitrogen and oxygen atoms in total. The van der Waals surface area contributed by atoms with Crippen molar-refractivity contribution >= 4 is 27.8 Å². The molecule has 1 aromatic carbocycles. The third kappa shape index (κ3) is 5.32. The molecule has 0 aliphatic carbocycles. The van der Waals surface area contributed by atoms with E-state index < -0.39 is 51.8 Å². The van der Waals surface area contributed by atoms with E-state index >= 15 is 0 Å². The van der Waals surface area contributed by atoms with Gasteiger partial charge < -0.3 is 20.1 Å². The van der Waals surface area contributed by atoms with Crippen LogP contribution < -0.4 is 0 Å². The minimum Gasteiger partial charge on any atom is -0.387 e. The van der Waals surface area contributed by atoms with Crippen LogP contribution in [0.5, 0.6) is 0 Å². The molecule has 1 aliphatic heterocycles. The van der Waals surface area contributed by atoms with E-state index in [4.69, 9.17) is 9.29 Å². The molecule has 1 aromatic rings. The van der Waals surface area contributed by atoms with Crippen molar-refractivity contribution < 1.29 is 42.1 Å². The van der Waals surface area contributed by atoms with Crippen LogP contribution in [0.15, 0.2) is 29.2 Å². The van der Waals surface area contributed by atoms with Crippen molar-refractivity contribution in [2.75, 3.05) is 6.61 Å². The number of non-ortho nitro benzene ring substituents is 1. The maximum absolute atomic E-state index is 10.6. The van der Waals surface area contributed by atoms with Gasteiger partial charge in [-0.05, 0) is 12.1 Å². The number of nitro benzene ring substituents is 1. The van der Waals surface area contributed by atoms with Crippen LogP contribution in [0.3, 0.4) is 0 Å². The predicted octanol–water partition coefficient (Wildman–Crippen LogP) is -0.686. The Morgan fingerprint density at radius 3 is 2.28 bits per heavy atom. The first kappa shape index (κ1) is 20.0. The van der Waals surface area contributed by atoms with Crippen LogP contribution in [0.4, 0.5) is 5.69 Å². The number of aliphatic hydroxyl groups excluding tert-OH is 3. The highest BCUT2D eigenvalue weighted by atomic mass is 32.3. The Morgan fingerprint density at radius 1 is 1.16 bits per heavy atom. The van der Waals surface area contributed by atoms with Gasteiger partial charge in [-0.15, -0.1) is 0 Å². The smallest absolute Gasteiger partial charge is 0.387 e. The predicted molar refractivity (Wildman–Crippen MR) is 83.1 cm³/mol. The average Bonchev–Trinajstić information content (AvgIpc) is 2.54. The number of thioether (sulfide) groups is 1. The number of hydrogen-bond acceptors (Lipinski definition) is 10. The van der Waals surface area contributed by atoms with Crippen molar-refractivity contribution in [1.82, 2.24) is 0 Å². The number of nitrogens with zero attached hydrogens (tertiary/aromatic N) is 1. The van der Waals surface area contributed by atoms with Gasteiger partial charge in [0.05, 0.1) is 11.5 Å². The van der Waals surface area contributed by atoms with Crippen molar-refractivity contribution in [2.45, 2.75) is 34.7 Å². The number of benzene rings is 1. The van der Waals surface area contributed by atoms with Gasteiger partial charge in [-0.25, -0.2) is 4.18 Å². The van der Waals surface area contributed by atoms with Crippen LogP contribution in [-0.2, 0) is 19.3 Å². The lowest BCUT2D eigenvalue weighted by atomic mass is 10.0. The molecule has 13 heteroatoms. The van der Waals surface area contributed by atoms with Crippen molar-refractivity contribution in [3.63, 3.8) is 0 Å². The third-order valence-electron chi connectivity index (χ3n) is 3.35. The topological polar surface area (TPSA) is 177 Å². The maximum atomic E-state index is 10.6. The summed E-state index contributed by atoms with van der Waals surface area (Å²) in [6, 6.07) is 5.28. The molecular formula is C12H15NO10S2.